The van der Waals surface area contributed by atoms with Gasteiger partial charge in [-0.15, -0.1) is 0 Å². The Labute approximate surface area is 178 Å². The maximum atomic E-state index is 13.4. The van der Waals surface area contributed by atoms with E-state index in [0.717, 1.165) is 5.69 Å². The van der Waals surface area contributed by atoms with Crippen molar-refractivity contribution in [2.75, 3.05) is 43.3 Å². The lowest BCUT2D eigenvalue weighted by Gasteiger charge is -2.35. The lowest BCUT2D eigenvalue weighted by atomic mass is 9.96. The molecule has 3 heterocycles. The van der Waals surface area contributed by atoms with Crippen LogP contribution in [0.2, 0.25) is 5.02 Å². The number of H-pyrrole nitrogens is 1. The van der Waals surface area contributed by atoms with Crippen LogP contribution >= 0.6 is 11.6 Å². The third kappa shape index (κ3) is 3.18. The predicted molar refractivity (Wildman–Crippen MR) is 118 cm³/mol. The summed E-state index contributed by atoms with van der Waals surface area (Å²) in [5.74, 6) is -0.470. The first kappa shape index (κ1) is 20.2. The van der Waals surface area contributed by atoms with Crippen molar-refractivity contribution in [1.82, 2.24) is 9.97 Å². The Morgan fingerprint density at radius 3 is 2.73 bits per heavy atom. The molecule has 30 heavy (non-hydrogen) atoms. The summed E-state index contributed by atoms with van der Waals surface area (Å²) in [5.41, 5.74) is 2.36. The van der Waals surface area contributed by atoms with Crippen LogP contribution in [0.5, 0.6) is 0 Å². The van der Waals surface area contributed by atoms with Gasteiger partial charge in [-0.05, 0) is 25.1 Å². The molecule has 0 aliphatic carbocycles. The Morgan fingerprint density at radius 1 is 1.30 bits per heavy atom. The van der Waals surface area contributed by atoms with Gasteiger partial charge in [-0.2, -0.15) is 0 Å². The predicted octanol–water partition coefficient (Wildman–Crippen LogP) is 3.28. The molecule has 4 rings (SSSR count). The van der Waals surface area contributed by atoms with Crippen molar-refractivity contribution in [2.24, 2.45) is 0 Å². The van der Waals surface area contributed by atoms with Crippen molar-refractivity contribution < 1.29 is 14.3 Å². The minimum Gasteiger partial charge on any atom is -0.382 e. The van der Waals surface area contributed by atoms with Crippen molar-refractivity contribution >= 4 is 51.4 Å². The minimum absolute atomic E-state index is 0.160. The summed E-state index contributed by atoms with van der Waals surface area (Å²) < 4.78 is 5.22. The minimum atomic E-state index is -0.987. The zero-order valence-corrected chi connectivity index (χ0v) is 17.8. The molecule has 0 fully saturated rings. The number of nitrogens with one attached hydrogen (secondary N) is 3. The largest absolute Gasteiger partial charge is 0.382 e. The SMILES string of the molecule is COC[C@]1(C)Nc2c(cnc3[nH]cc(C(=O)c4ccc(N(C)C)cc4Cl)c23)NC1=O. The van der Waals surface area contributed by atoms with Gasteiger partial charge in [0.25, 0.3) is 5.91 Å². The first-order valence-electron chi connectivity index (χ1n) is 9.35. The number of amides is 1. The van der Waals surface area contributed by atoms with Gasteiger partial charge < -0.3 is 25.3 Å². The van der Waals surface area contributed by atoms with E-state index in [1.807, 2.05) is 25.1 Å². The van der Waals surface area contributed by atoms with Crippen molar-refractivity contribution in [3.8, 4) is 0 Å². The lowest BCUT2D eigenvalue weighted by molar-refractivity contribution is -0.121. The third-order valence-corrected chi connectivity index (χ3v) is 5.56. The van der Waals surface area contributed by atoms with Crippen LogP contribution in [0.25, 0.3) is 11.0 Å². The number of anilines is 3. The molecule has 0 radical (unpaired) electrons. The fourth-order valence-electron chi connectivity index (χ4n) is 3.59. The molecular formula is C21H22ClN5O3. The van der Waals surface area contributed by atoms with Gasteiger partial charge in [0.15, 0.2) is 5.78 Å². The summed E-state index contributed by atoms with van der Waals surface area (Å²) in [5, 5.41) is 7.06. The van der Waals surface area contributed by atoms with Gasteiger partial charge in [-0.3, -0.25) is 9.59 Å². The highest BCUT2D eigenvalue weighted by Crippen LogP contribution is 2.39. The van der Waals surface area contributed by atoms with Gasteiger partial charge in [0.2, 0.25) is 0 Å². The Hall–Kier alpha value is -3.10. The zero-order chi connectivity index (χ0) is 21.6. The quantitative estimate of drug-likeness (QED) is 0.540. The number of methoxy groups -OCH3 is 1. The van der Waals surface area contributed by atoms with Crippen LogP contribution in [0.4, 0.5) is 17.1 Å². The maximum absolute atomic E-state index is 13.4. The first-order valence-corrected chi connectivity index (χ1v) is 9.73. The van der Waals surface area contributed by atoms with Crippen molar-refractivity contribution in [1.29, 1.82) is 0 Å². The average Bonchev–Trinajstić information content (AvgIpc) is 3.13. The topological polar surface area (TPSA) is 99.3 Å². The van der Waals surface area contributed by atoms with Crippen LogP contribution in [0.15, 0.2) is 30.6 Å². The summed E-state index contributed by atoms with van der Waals surface area (Å²) in [6.07, 6.45) is 3.17. The molecule has 156 valence electrons. The number of pyridine rings is 1. The molecule has 0 unspecified atom stereocenters. The molecular weight excluding hydrogens is 406 g/mol. The highest BCUT2D eigenvalue weighted by Gasteiger charge is 2.39. The molecule has 0 saturated heterocycles. The van der Waals surface area contributed by atoms with Crippen molar-refractivity contribution in [3.63, 3.8) is 0 Å². The van der Waals surface area contributed by atoms with Gasteiger partial charge in [-0.1, -0.05) is 11.6 Å². The molecule has 1 aliphatic heterocycles. The van der Waals surface area contributed by atoms with Crippen molar-refractivity contribution in [2.45, 2.75) is 12.5 Å². The van der Waals surface area contributed by atoms with E-state index >= 15 is 0 Å². The number of aromatic amines is 1. The molecule has 1 atom stereocenters. The van der Waals surface area contributed by atoms with Crippen LogP contribution < -0.4 is 15.5 Å². The second kappa shape index (κ2) is 7.30. The highest BCUT2D eigenvalue weighted by molar-refractivity contribution is 6.36. The summed E-state index contributed by atoms with van der Waals surface area (Å²) in [6, 6.07) is 5.31. The van der Waals surface area contributed by atoms with E-state index in [4.69, 9.17) is 16.3 Å². The van der Waals surface area contributed by atoms with E-state index < -0.39 is 5.54 Å². The molecule has 0 saturated carbocycles. The second-order valence-electron chi connectivity index (χ2n) is 7.70. The normalized spacial score (nSPS) is 18.0. The molecule has 1 amide bonds. The number of nitrogens with zero attached hydrogens (tertiary/aromatic N) is 2. The van der Waals surface area contributed by atoms with E-state index in [-0.39, 0.29) is 18.3 Å². The molecule has 0 spiro atoms. The fraction of sp³-hybridized carbons (Fsp3) is 0.286. The standard InChI is InChI=1S/C21H22ClN5O3/c1-21(10-30-4)20(29)25-15-9-24-19-16(17(15)26-21)13(8-23-19)18(28)12-6-5-11(27(2)3)7-14(12)22/h5-9,26H,10H2,1-4H3,(H,23,24)(H,25,29)/t21-/m0/s1. The first-order chi connectivity index (χ1) is 14.2. The van der Waals surface area contributed by atoms with E-state index in [1.54, 1.807) is 31.5 Å². The smallest absolute Gasteiger partial charge is 0.252 e. The van der Waals surface area contributed by atoms with E-state index in [1.165, 1.54) is 7.11 Å². The average molecular weight is 428 g/mol. The van der Waals surface area contributed by atoms with Gasteiger partial charge in [-0.25, -0.2) is 4.98 Å². The van der Waals surface area contributed by atoms with E-state index in [2.05, 4.69) is 20.6 Å². The zero-order valence-electron chi connectivity index (χ0n) is 17.1. The van der Waals surface area contributed by atoms with Crippen LogP contribution in [-0.4, -0.2) is 55.0 Å². The summed E-state index contributed by atoms with van der Waals surface area (Å²) in [7, 11) is 5.34. The Bertz CT molecular complexity index is 1170. The Morgan fingerprint density at radius 2 is 2.07 bits per heavy atom. The molecule has 1 aromatic carbocycles. The van der Waals surface area contributed by atoms with E-state index in [9.17, 15) is 9.59 Å². The monoisotopic (exact) mass is 427 g/mol. The number of hydrogen-bond acceptors (Lipinski definition) is 6. The van der Waals surface area contributed by atoms with Gasteiger partial charge in [0.1, 0.15) is 11.2 Å². The van der Waals surface area contributed by atoms with Crippen LogP contribution in [-0.2, 0) is 9.53 Å². The molecule has 2 aromatic heterocycles. The van der Waals surface area contributed by atoms with Crippen LogP contribution in [0.3, 0.4) is 0 Å². The van der Waals surface area contributed by atoms with Crippen LogP contribution in [0.1, 0.15) is 22.8 Å². The highest BCUT2D eigenvalue weighted by atomic mass is 35.5. The molecule has 1 aliphatic rings. The number of carbonyl (C=O) groups is 2. The number of ketones is 1. The second-order valence-corrected chi connectivity index (χ2v) is 8.11. The van der Waals surface area contributed by atoms with Crippen molar-refractivity contribution in [3.05, 3.63) is 46.7 Å². The number of aromatic nitrogens is 2. The fourth-order valence-corrected chi connectivity index (χ4v) is 3.85. The number of halogens is 1. The molecule has 8 nitrogen and oxygen atoms in total. The summed E-state index contributed by atoms with van der Waals surface area (Å²) >= 11 is 6.42. The van der Waals surface area contributed by atoms with Gasteiger partial charge >= 0.3 is 0 Å². The number of hydrogen-bond donors (Lipinski definition) is 3. The lowest BCUT2D eigenvalue weighted by Crippen LogP contribution is -2.53. The third-order valence-electron chi connectivity index (χ3n) is 5.24. The van der Waals surface area contributed by atoms with E-state index in [0.29, 0.717) is 38.6 Å². The number of rotatable bonds is 5. The Kier molecular flexibility index (Phi) is 4.91. The number of carbonyl (C=O) groups excluding carboxylic acids is 2. The number of benzene rings is 1. The summed E-state index contributed by atoms with van der Waals surface area (Å²) in [6.45, 7) is 1.90. The van der Waals surface area contributed by atoms with Crippen LogP contribution in [0, 0.1) is 0 Å². The molecule has 0 bridgehead atoms. The molecule has 3 aromatic rings. The van der Waals surface area contributed by atoms with Gasteiger partial charge in [0, 0.05) is 38.7 Å². The summed E-state index contributed by atoms with van der Waals surface area (Å²) in [4.78, 5) is 35.2. The Balaban J connectivity index is 1.83. The maximum Gasteiger partial charge on any atom is 0.252 e. The molecule has 9 heteroatoms. The number of fused-ring (bicyclic) bond motifs is 3. The van der Waals surface area contributed by atoms with Gasteiger partial charge in [0.05, 0.1) is 40.2 Å². The molecule has 3 N–H and O–H groups in total. The number of ether oxygens (including phenoxy) is 1.